The number of alkyl halides is 3. The van der Waals surface area contributed by atoms with Crippen LogP contribution in [-0.2, 0) is 34.5 Å². The maximum absolute atomic E-state index is 15.8. The van der Waals surface area contributed by atoms with Crippen molar-refractivity contribution in [3.8, 4) is 11.1 Å². The topological polar surface area (TPSA) is 54.8 Å². The number of thioether (sulfide) groups is 1. The predicted molar refractivity (Wildman–Crippen MR) is 198 cm³/mol. The molecule has 53 heavy (non-hydrogen) atoms. The highest BCUT2D eigenvalue weighted by molar-refractivity contribution is 7.98. The molecule has 0 N–H and O–H groups in total. The maximum Gasteiger partial charge on any atom is 0.416 e. The molecule has 6 nitrogen and oxygen atoms in total. The molecule has 5 aromatic rings. The lowest BCUT2D eigenvalue weighted by molar-refractivity contribution is -0.137. The Morgan fingerprint density at radius 1 is 1.06 bits per heavy atom. The molecule has 1 aliphatic heterocycles. The quantitative estimate of drug-likeness (QED) is 0.0939. The summed E-state index contributed by atoms with van der Waals surface area (Å²) in [5.41, 5.74) is -5.68. The standard InChI is InChI=1S/C41H40F5N3O3S/c1-27-6-15-34-36(22-27)49(39(23-37(34)50)53-26-31-4-3-5-35(42)40(31)43)25-38(51)48(33-16-18-47(19-17-33)20-21-52-2)24-28-7-9-29(10-8-28)30-11-13-32(14-12-30)41(44,45)46/h3-15,22-23,33H,16-21,24-26H2,1-2H3/i2D3,6D,15D,16D2,17D2,18D2,19D2,21D2,22D,23D,24D2,25D2,33D. The zero-order valence-corrected chi connectivity index (χ0v) is 27.9. The summed E-state index contributed by atoms with van der Waals surface area (Å²) >= 11 is 0.109. The zero-order valence-electron chi connectivity index (χ0n) is 49.1. The monoisotopic (exact) mass is 771 g/mol. The smallest absolute Gasteiger partial charge is 0.383 e. The van der Waals surface area contributed by atoms with Gasteiger partial charge in [-0.2, -0.15) is 13.2 Å². The van der Waals surface area contributed by atoms with E-state index in [0.29, 0.717) is 18.2 Å². The minimum atomic E-state index is -4.88. The van der Waals surface area contributed by atoms with Gasteiger partial charge in [0.15, 0.2) is 17.1 Å². The van der Waals surface area contributed by atoms with Crippen LogP contribution in [0.25, 0.3) is 22.0 Å². The third-order valence-electron chi connectivity index (χ3n) is 7.41. The first-order valence-electron chi connectivity index (χ1n) is 26.2. The van der Waals surface area contributed by atoms with E-state index in [9.17, 15) is 34.7 Å². The Morgan fingerprint density at radius 2 is 1.75 bits per heavy atom. The number of methoxy groups -OCH3 is 1. The molecule has 6 rings (SSSR count). The molecule has 1 amide bonds. The highest BCUT2D eigenvalue weighted by Gasteiger charge is 2.31. The Labute approximate surface area is 340 Å². The van der Waals surface area contributed by atoms with Crippen LogP contribution in [-0.4, -0.2) is 59.4 Å². The van der Waals surface area contributed by atoms with Gasteiger partial charge in [0.2, 0.25) is 5.91 Å². The molecule has 1 saturated heterocycles. The Morgan fingerprint density at radius 3 is 2.43 bits per heavy atom. The van der Waals surface area contributed by atoms with Crippen LogP contribution in [0.1, 0.15) is 65.2 Å². The molecule has 278 valence electrons. The van der Waals surface area contributed by atoms with E-state index in [-0.39, 0.29) is 27.5 Å². The first-order chi connectivity index (χ1) is 33.9. The first-order valence-corrected chi connectivity index (χ1v) is 16.2. The van der Waals surface area contributed by atoms with Gasteiger partial charge in [-0.05, 0) is 72.2 Å². The molecule has 0 bridgehead atoms. The van der Waals surface area contributed by atoms with Crippen LogP contribution in [0.15, 0.2) is 101 Å². The van der Waals surface area contributed by atoms with Crippen LogP contribution in [0.5, 0.6) is 0 Å². The van der Waals surface area contributed by atoms with Crippen LogP contribution in [0.4, 0.5) is 22.0 Å². The third kappa shape index (κ3) is 9.17. The van der Waals surface area contributed by atoms with Gasteiger partial charge in [-0.3, -0.25) is 9.59 Å². The Kier molecular flexibility index (Phi) is 6.03. The number of hydrogen-bond acceptors (Lipinski definition) is 5. The number of nitrogens with zero attached hydrogens (tertiary/aromatic N) is 3. The van der Waals surface area contributed by atoms with Gasteiger partial charge in [0.1, 0.15) is 6.50 Å². The second kappa shape index (κ2) is 16.7. The predicted octanol–water partition coefficient (Wildman–Crippen LogP) is 8.71. The summed E-state index contributed by atoms with van der Waals surface area (Å²) in [6.45, 7) is -22.1. The molecular formula is C41H40F5N3O3S. The van der Waals surface area contributed by atoms with E-state index >= 15 is 9.18 Å². The van der Waals surface area contributed by atoms with E-state index in [1.165, 1.54) is 0 Å². The van der Waals surface area contributed by atoms with E-state index in [4.69, 9.17) is 17.8 Å². The van der Waals surface area contributed by atoms with E-state index in [0.717, 1.165) is 55.5 Å². The number of halogens is 5. The number of amides is 1. The molecule has 0 saturated carbocycles. The van der Waals surface area contributed by atoms with Crippen molar-refractivity contribution < 1.29 is 61.6 Å². The molecule has 2 heterocycles. The van der Waals surface area contributed by atoms with Crippen LogP contribution < -0.4 is 5.43 Å². The first kappa shape index (κ1) is 19.2. The van der Waals surface area contributed by atoms with E-state index in [1.807, 2.05) is 0 Å². The van der Waals surface area contributed by atoms with Gasteiger partial charge in [0, 0.05) is 72.8 Å². The van der Waals surface area contributed by atoms with Gasteiger partial charge >= 0.3 is 6.18 Å². The summed E-state index contributed by atoms with van der Waals surface area (Å²) in [6.07, 6.45) is -14.2. The second-order valence-corrected chi connectivity index (χ2v) is 12.0. The molecule has 0 radical (unpaired) electrons. The van der Waals surface area contributed by atoms with Crippen molar-refractivity contribution in [1.82, 2.24) is 14.4 Å². The highest BCUT2D eigenvalue weighted by atomic mass is 32.2. The Bertz CT molecular complexity index is 3110. The number of rotatable bonds is 12. The highest BCUT2D eigenvalue weighted by Crippen LogP contribution is 2.32. The third-order valence-corrected chi connectivity index (χ3v) is 8.42. The van der Waals surface area contributed by atoms with Gasteiger partial charge in [-0.1, -0.05) is 54.6 Å². The number of carbonyl (C=O) groups excluding carboxylic acids is 1. The van der Waals surface area contributed by atoms with Crippen molar-refractivity contribution in [2.45, 2.75) is 55.6 Å². The molecule has 0 atom stereocenters. The molecule has 0 spiro atoms. The summed E-state index contributed by atoms with van der Waals surface area (Å²) in [5.74, 6) is -6.45. The molecule has 1 aliphatic rings. The molecule has 0 unspecified atom stereocenters. The number of likely N-dealkylation sites (tertiary alicyclic amines) is 1. The zero-order chi connectivity index (χ0) is 57.2. The normalized spacial score (nSPS) is 25.7. The number of aromatic nitrogens is 1. The largest absolute Gasteiger partial charge is 0.416 e. The van der Waals surface area contributed by atoms with Crippen molar-refractivity contribution in [3.05, 3.63) is 135 Å². The van der Waals surface area contributed by atoms with Gasteiger partial charge in [0.25, 0.3) is 0 Å². The van der Waals surface area contributed by atoms with Crippen molar-refractivity contribution in [1.29, 1.82) is 0 Å². The van der Waals surface area contributed by atoms with Gasteiger partial charge < -0.3 is 19.1 Å². The maximum atomic E-state index is 15.8. The lowest BCUT2D eigenvalue weighted by atomic mass is 10.00. The fourth-order valence-corrected chi connectivity index (χ4v) is 5.75. The molecule has 4 aromatic carbocycles. The van der Waals surface area contributed by atoms with Crippen molar-refractivity contribution in [3.63, 3.8) is 0 Å². The summed E-state index contributed by atoms with van der Waals surface area (Å²) in [4.78, 5) is 28.4. The number of ether oxygens (including phenoxy) is 1. The Balaban J connectivity index is 1.71. The molecule has 1 fully saturated rings. The number of carbonyl (C=O) groups is 1. The average molecular weight is 772 g/mol. The van der Waals surface area contributed by atoms with Gasteiger partial charge in [-0.15, -0.1) is 11.8 Å². The number of fused-ring (bicyclic) bond motifs is 1. The lowest BCUT2D eigenvalue weighted by Crippen LogP contribution is -2.48. The van der Waals surface area contributed by atoms with Crippen LogP contribution in [0.2, 0.25) is 0 Å². The minimum Gasteiger partial charge on any atom is -0.383 e. The second-order valence-electron chi connectivity index (χ2n) is 11.0. The number of pyridine rings is 1. The molecular weight excluding hydrogens is 710 g/mol. The summed E-state index contributed by atoms with van der Waals surface area (Å²) in [5, 5.41) is -2.23. The minimum absolute atomic E-state index is 0.00894. The fourth-order valence-electron chi connectivity index (χ4n) is 4.81. The van der Waals surface area contributed by atoms with E-state index in [1.54, 1.807) is 0 Å². The summed E-state index contributed by atoms with van der Waals surface area (Å²) in [7, 11) is -3.66. The fraction of sp³-hybridized carbons (Fsp3) is 0.317. The van der Waals surface area contributed by atoms with Crippen LogP contribution in [0.3, 0.4) is 0 Å². The van der Waals surface area contributed by atoms with Crippen molar-refractivity contribution >= 4 is 28.6 Å². The van der Waals surface area contributed by atoms with Gasteiger partial charge in [0.05, 0.1) is 41.9 Å². The van der Waals surface area contributed by atoms with Crippen molar-refractivity contribution in [2.24, 2.45) is 0 Å². The summed E-state index contributed by atoms with van der Waals surface area (Å²) in [6, 6.07) is 0.413. The number of hydrogen-bond donors (Lipinski definition) is 0. The molecule has 12 heteroatoms. The average Bonchev–Trinajstić information content (AvgIpc) is 3.29. The SMILES string of the molecule is [2H]c1c(C)c([2H])c2c(c1[2H])c(=O)c([2H])c(SCc1cccc(F)c1F)n2C([2H])([2H])C(=O)N(C([2H])([2H])c1ccc(-c2ccc(C(F)(F)F)cc2)cc1)C1([2H])C([2H])([2H])C([2H])([2H])N(CC([2H])([2H])OC([2H])([2H])[2H])C([2H])([2H])C1([2H])[2H]. The van der Waals surface area contributed by atoms with E-state index < -0.39 is 172 Å². The molecule has 0 aliphatic carbocycles. The Hall–Kier alpha value is -4.52. The summed E-state index contributed by atoms with van der Waals surface area (Å²) < 4.78 is 269. The number of piperidine rings is 1. The van der Waals surface area contributed by atoms with Crippen molar-refractivity contribution in [2.75, 3.05) is 33.1 Å². The number of benzene rings is 4. The van der Waals surface area contributed by atoms with Gasteiger partial charge in [-0.25, -0.2) is 8.78 Å². The molecule has 1 aromatic heterocycles. The van der Waals surface area contributed by atoms with E-state index in [2.05, 4.69) is 4.74 Å². The van der Waals surface area contributed by atoms with Crippen LogP contribution >= 0.6 is 11.8 Å². The van der Waals surface area contributed by atoms with Crippen LogP contribution in [0, 0.1) is 18.6 Å². The lowest BCUT2D eigenvalue weighted by Gasteiger charge is -2.39.